The quantitative estimate of drug-likeness (QED) is 0.482. The van der Waals surface area contributed by atoms with Gasteiger partial charge in [-0.25, -0.2) is 29.6 Å². The highest BCUT2D eigenvalue weighted by molar-refractivity contribution is 5.93. The van der Waals surface area contributed by atoms with Gasteiger partial charge in [-0.1, -0.05) is 6.07 Å². The molecule has 0 unspecified atom stereocenters. The fourth-order valence-electron chi connectivity index (χ4n) is 3.08. The van der Waals surface area contributed by atoms with Crippen LogP contribution in [0, 0.1) is 0 Å². The first-order valence-corrected chi connectivity index (χ1v) is 9.13. The fourth-order valence-corrected chi connectivity index (χ4v) is 3.08. The molecule has 30 heavy (non-hydrogen) atoms. The molecule has 0 fully saturated rings. The Morgan fingerprint density at radius 2 is 1.70 bits per heavy atom. The van der Waals surface area contributed by atoms with E-state index in [1.54, 1.807) is 36.8 Å². The molecule has 9 heteroatoms. The lowest BCUT2D eigenvalue weighted by Gasteiger charge is -2.10. The van der Waals surface area contributed by atoms with Crippen LogP contribution in [0.25, 0.3) is 27.7 Å². The van der Waals surface area contributed by atoms with Gasteiger partial charge < -0.3 is 10.1 Å². The molecule has 0 amide bonds. The molecule has 0 spiro atoms. The molecule has 0 bridgehead atoms. The van der Waals surface area contributed by atoms with Gasteiger partial charge in [0.1, 0.15) is 24.8 Å². The topological polar surface area (TPSA) is 104 Å². The Morgan fingerprint density at radius 3 is 2.43 bits per heavy atom. The molecule has 0 aliphatic carbocycles. The first-order valence-electron chi connectivity index (χ1n) is 9.13. The first-order chi connectivity index (χ1) is 14.8. The van der Waals surface area contributed by atoms with Crippen LogP contribution in [-0.4, -0.2) is 41.8 Å². The Hall–Kier alpha value is -4.40. The maximum Gasteiger partial charge on any atom is 0.316 e. The number of fused-ring (bicyclic) bond motifs is 1. The fraction of sp³-hybridized carbons (Fsp3) is 0.0476. The zero-order valence-electron chi connectivity index (χ0n) is 16.0. The maximum atomic E-state index is 5.03. The predicted octanol–water partition coefficient (Wildman–Crippen LogP) is 3.42. The zero-order valence-corrected chi connectivity index (χ0v) is 16.0. The van der Waals surface area contributed by atoms with Crippen molar-refractivity contribution < 1.29 is 4.74 Å². The van der Waals surface area contributed by atoms with E-state index >= 15 is 0 Å². The number of nitrogens with zero attached hydrogens (tertiary/aromatic N) is 7. The van der Waals surface area contributed by atoms with E-state index in [4.69, 9.17) is 4.74 Å². The van der Waals surface area contributed by atoms with Crippen molar-refractivity contribution in [2.45, 2.75) is 0 Å². The van der Waals surface area contributed by atoms with Gasteiger partial charge in [-0.3, -0.25) is 0 Å². The molecule has 5 rings (SSSR count). The Balaban J connectivity index is 1.47. The number of anilines is 2. The molecule has 0 aliphatic heterocycles. The first kappa shape index (κ1) is 17.7. The second-order valence-electron chi connectivity index (χ2n) is 6.42. The minimum atomic E-state index is 0.333. The highest BCUT2D eigenvalue weighted by Gasteiger charge is 2.08. The Kier molecular flexibility index (Phi) is 4.45. The lowest BCUT2D eigenvalue weighted by molar-refractivity contribution is 0.380. The van der Waals surface area contributed by atoms with Crippen molar-refractivity contribution in [3.8, 4) is 22.8 Å². The third kappa shape index (κ3) is 3.39. The van der Waals surface area contributed by atoms with Crippen LogP contribution in [0.3, 0.4) is 0 Å². The van der Waals surface area contributed by atoms with Crippen LogP contribution in [0.4, 0.5) is 11.5 Å². The van der Waals surface area contributed by atoms with Crippen LogP contribution in [0.15, 0.2) is 73.8 Å². The summed E-state index contributed by atoms with van der Waals surface area (Å²) in [5.74, 6) is 0.713. The highest BCUT2D eigenvalue weighted by Crippen LogP contribution is 2.28. The Morgan fingerprint density at radius 1 is 0.867 bits per heavy atom. The summed E-state index contributed by atoms with van der Waals surface area (Å²) >= 11 is 0. The standard InChI is InChI=1S/C21H16N8O/c1-30-21-23-9-15(10-24-21)14-2-7-19-18(8-14)20(26-12-25-19)28-16-3-5-17(6-4-16)29-13-22-11-27-29/h2-13H,1H3,(H,25,26,28). The molecular weight excluding hydrogens is 380 g/mol. The molecule has 3 aromatic heterocycles. The van der Waals surface area contributed by atoms with Crippen molar-refractivity contribution in [1.82, 2.24) is 34.7 Å². The van der Waals surface area contributed by atoms with Crippen LogP contribution < -0.4 is 10.1 Å². The Bertz CT molecular complexity index is 1290. The molecule has 0 saturated carbocycles. The number of aromatic nitrogens is 7. The minimum Gasteiger partial charge on any atom is -0.467 e. The largest absolute Gasteiger partial charge is 0.467 e. The highest BCUT2D eigenvalue weighted by atomic mass is 16.5. The van der Waals surface area contributed by atoms with Gasteiger partial charge in [0, 0.05) is 29.0 Å². The van der Waals surface area contributed by atoms with Crippen molar-refractivity contribution in [2.75, 3.05) is 12.4 Å². The van der Waals surface area contributed by atoms with Crippen LogP contribution in [0.5, 0.6) is 6.01 Å². The van der Waals surface area contributed by atoms with Gasteiger partial charge in [-0.2, -0.15) is 5.10 Å². The summed E-state index contributed by atoms with van der Waals surface area (Å²) in [6.45, 7) is 0. The summed E-state index contributed by atoms with van der Waals surface area (Å²) in [6, 6.07) is 14.1. The van der Waals surface area contributed by atoms with Crippen molar-refractivity contribution >= 4 is 22.4 Å². The molecule has 9 nitrogen and oxygen atoms in total. The molecule has 3 heterocycles. The normalized spacial score (nSPS) is 10.8. The van der Waals surface area contributed by atoms with E-state index in [1.807, 2.05) is 42.5 Å². The number of benzene rings is 2. The summed E-state index contributed by atoms with van der Waals surface area (Å²) in [5, 5.41) is 8.40. The second-order valence-corrected chi connectivity index (χ2v) is 6.42. The lowest BCUT2D eigenvalue weighted by atomic mass is 10.1. The van der Waals surface area contributed by atoms with Gasteiger partial charge in [-0.15, -0.1) is 0 Å². The average molecular weight is 396 g/mol. The zero-order chi connectivity index (χ0) is 20.3. The third-order valence-electron chi connectivity index (χ3n) is 4.59. The van der Waals surface area contributed by atoms with Crippen LogP contribution >= 0.6 is 0 Å². The van der Waals surface area contributed by atoms with E-state index in [2.05, 4.69) is 35.3 Å². The van der Waals surface area contributed by atoms with E-state index in [0.717, 1.165) is 33.4 Å². The number of hydrogen-bond acceptors (Lipinski definition) is 8. The van der Waals surface area contributed by atoms with Crippen molar-refractivity contribution in [2.24, 2.45) is 0 Å². The average Bonchev–Trinajstić information content (AvgIpc) is 3.35. The summed E-state index contributed by atoms with van der Waals surface area (Å²) in [7, 11) is 1.54. The molecule has 0 saturated heterocycles. The molecule has 2 aromatic carbocycles. The molecule has 0 atom stereocenters. The molecular formula is C21H16N8O. The number of rotatable bonds is 5. The van der Waals surface area contributed by atoms with Crippen molar-refractivity contribution in [1.29, 1.82) is 0 Å². The summed E-state index contributed by atoms with van der Waals surface area (Å²) in [6.07, 6.45) is 8.17. The summed E-state index contributed by atoms with van der Waals surface area (Å²) in [5.41, 5.74) is 4.50. The number of hydrogen-bond donors (Lipinski definition) is 1. The van der Waals surface area contributed by atoms with Gasteiger partial charge in [0.25, 0.3) is 0 Å². The van der Waals surface area contributed by atoms with E-state index in [1.165, 1.54) is 6.33 Å². The van der Waals surface area contributed by atoms with Crippen LogP contribution in [0.2, 0.25) is 0 Å². The SMILES string of the molecule is COc1ncc(-c2ccc3ncnc(Nc4ccc(-n5cncn5)cc4)c3c2)cn1. The number of methoxy groups -OCH3 is 1. The Labute approximate surface area is 171 Å². The summed E-state index contributed by atoms with van der Waals surface area (Å²) < 4.78 is 6.73. The minimum absolute atomic E-state index is 0.333. The molecule has 5 aromatic rings. The number of ether oxygens (including phenoxy) is 1. The second kappa shape index (κ2) is 7.55. The van der Waals surface area contributed by atoms with E-state index in [0.29, 0.717) is 11.8 Å². The van der Waals surface area contributed by atoms with Gasteiger partial charge in [0.2, 0.25) is 0 Å². The van der Waals surface area contributed by atoms with Gasteiger partial charge >= 0.3 is 6.01 Å². The lowest BCUT2D eigenvalue weighted by Crippen LogP contribution is -1.98. The van der Waals surface area contributed by atoms with Gasteiger partial charge in [0.15, 0.2) is 0 Å². The van der Waals surface area contributed by atoms with Crippen molar-refractivity contribution in [3.05, 3.63) is 73.8 Å². The van der Waals surface area contributed by atoms with E-state index in [-0.39, 0.29) is 0 Å². The van der Waals surface area contributed by atoms with Crippen LogP contribution in [0.1, 0.15) is 0 Å². The monoisotopic (exact) mass is 396 g/mol. The van der Waals surface area contributed by atoms with E-state index in [9.17, 15) is 0 Å². The summed E-state index contributed by atoms with van der Waals surface area (Å²) in [4.78, 5) is 21.1. The van der Waals surface area contributed by atoms with Crippen LogP contribution in [-0.2, 0) is 0 Å². The van der Waals surface area contributed by atoms with Gasteiger partial charge in [0.05, 0.1) is 18.3 Å². The number of nitrogens with one attached hydrogen (secondary N) is 1. The smallest absolute Gasteiger partial charge is 0.316 e. The molecule has 146 valence electrons. The molecule has 0 aliphatic rings. The van der Waals surface area contributed by atoms with E-state index < -0.39 is 0 Å². The molecule has 1 N–H and O–H groups in total. The molecule has 0 radical (unpaired) electrons. The predicted molar refractivity (Wildman–Crippen MR) is 112 cm³/mol. The van der Waals surface area contributed by atoms with Crippen molar-refractivity contribution in [3.63, 3.8) is 0 Å². The maximum absolute atomic E-state index is 5.03. The van der Waals surface area contributed by atoms with Gasteiger partial charge in [-0.05, 0) is 42.0 Å². The third-order valence-corrected chi connectivity index (χ3v) is 4.59.